The average Bonchev–Trinajstić information content (AvgIpc) is 3.06. The summed E-state index contributed by atoms with van der Waals surface area (Å²) >= 11 is 0. The van der Waals surface area contributed by atoms with E-state index in [0.717, 1.165) is 43.2 Å². The van der Waals surface area contributed by atoms with Gasteiger partial charge in [0.25, 0.3) is 11.7 Å². The van der Waals surface area contributed by atoms with Crippen molar-refractivity contribution in [3.05, 3.63) is 70.0 Å². The zero-order chi connectivity index (χ0) is 23.0. The molecular formula is C26H28FNO4. The van der Waals surface area contributed by atoms with E-state index in [9.17, 15) is 19.1 Å². The van der Waals surface area contributed by atoms with Gasteiger partial charge in [0.15, 0.2) is 0 Å². The lowest BCUT2D eigenvalue weighted by Gasteiger charge is -2.35. The van der Waals surface area contributed by atoms with Crippen molar-refractivity contribution in [1.29, 1.82) is 0 Å². The highest BCUT2D eigenvalue weighted by molar-refractivity contribution is 6.46. The van der Waals surface area contributed by atoms with E-state index in [-0.39, 0.29) is 17.4 Å². The van der Waals surface area contributed by atoms with Gasteiger partial charge >= 0.3 is 0 Å². The van der Waals surface area contributed by atoms with E-state index in [0.29, 0.717) is 16.9 Å². The number of hydrogen-bond acceptors (Lipinski definition) is 4. The third-order valence-electron chi connectivity index (χ3n) is 6.63. The maximum absolute atomic E-state index is 13.6. The molecule has 1 aliphatic carbocycles. The number of methoxy groups -OCH3 is 1. The SMILES string of the molecule is COc1cc(C)c(/C(O)=C2\C(=O)C(=O)N(C3CCCCC3)C2c2ccc(F)cc2)cc1C. The fourth-order valence-corrected chi connectivity index (χ4v) is 4.97. The van der Waals surface area contributed by atoms with Crippen LogP contribution in [0.2, 0.25) is 0 Å². The second kappa shape index (κ2) is 8.77. The lowest BCUT2D eigenvalue weighted by Crippen LogP contribution is -2.40. The molecule has 0 aromatic heterocycles. The summed E-state index contributed by atoms with van der Waals surface area (Å²) in [6.07, 6.45) is 4.70. The molecule has 2 aliphatic rings. The van der Waals surface area contributed by atoms with Crippen LogP contribution in [0, 0.1) is 19.7 Å². The van der Waals surface area contributed by atoms with Crippen LogP contribution in [0.3, 0.4) is 0 Å². The maximum Gasteiger partial charge on any atom is 0.295 e. The van der Waals surface area contributed by atoms with E-state index in [4.69, 9.17) is 4.74 Å². The highest BCUT2D eigenvalue weighted by Gasteiger charge is 2.49. The molecule has 2 aromatic carbocycles. The smallest absolute Gasteiger partial charge is 0.295 e. The molecule has 2 aromatic rings. The van der Waals surface area contributed by atoms with Crippen molar-refractivity contribution in [2.24, 2.45) is 0 Å². The van der Waals surface area contributed by atoms with E-state index in [1.165, 1.54) is 12.1 Å². The first kappa shape index (κ1) is 22.1. The second-order valence-corrected chi connectivity index (χ2v) is 8.69. The standard InChI is InChI=1S/C26H28FNO4/c1-15-14-21(32-3)16(2)13-20(15)24(29)22-23(17-9-11-18(27)12-10-17)28(26(31)25(22)30)19-7-5-4-6-8-19/h9-14,19,23,29H,4-8H2,1-3H3/b24-22+. The summed E-state index contributed by atoms with van der Waals surface area (Å²) in [5.74, 6) is -1.23. The first-order chi connectivity index (χ1) is 15.3. The predicted octanol–water partition coefficient (Wildman–Crippen LogP) is 5.21. The number of rotatable bonds is 4. The molecule has 1 heterocycles. The number of ketones is 1. The van der Waals surface area contributed by atoms with Gasteiger partial charge in [-0.1, -0.05) is 31.4 Å². The molecule has 168 valence electrons. The minimum Gasteiger partial charge on any atom is -0.507 e. The van der Waals surface area contributed by atoms with Gasteiger partial charge in [-0.25, -0.2) is 4.39 Å². The van der Waals surface area contributed by atoms with Gasteiger partial charge in [0.2, 0.25) is 0 Å². The molecule has 0 bridgehead atoms. The molecule has 4 rings (SSSR count). The number of carbonyl (C=O) groups excluding carboxylic acids is 2. The van der Waals surface area contributed by atoms with E-state index >= 15 is 0 Å². The number of halogens is 1. The Balaban J connectivity index is 1.90. The zero-order valence-corrected chi connectivity index (χ0v) is 18.7. The number of nitrogens with zero attached hydrogens (tertiary/aromatic N) is 1. The van der Waals surface area contributed by atoms with Crippen LogP contribution in [-0.2, 0) is 9.59 Å². The Bertz CT molecular complexity index is 1080. The molecule has 1 aliphatic heterocycles. The van der Waals surface area contributed by atoms with Gasteiger partial charge in [-0.15, -0.1) is 0 Å². The van der Waals surface area contributed by atoms with Gasteiger partial charge in [0.05, 0.1) is 18.7 Å². The normalized spacial score (nSPS) is 21.2. The summed E-state index contributed by atoms with van der Waals surface area (Å²) in [5, 5.41) is 11.3. The molecule has 1 saturated carbocycles. The number of ether oxygens (including phenoxy) is 1. The van der Waals surface area contributed by atoms with E-state index in [1.54, 1.807) is 36.3 Å². The topological polar surface area (TPSA) is 66.8 Å². The van der Waals surface area contributed by atoms with E-state index in [1.807, 2.05) is 13.8 Å². The van der Waals surface area contributed by atoms with Crippen molar-refractivity contribution in [1.82, 2.24) is 4.90 Å². The lowest BCUT2D eigenvalue weighted by atomic mass is 9.90. The van der Waals surface area contributed by atoms with Crippen LogP contribution in [0.5, 0.6) is 5.75 Å². The van der Waals surface area contributed by atoms with Gasteiger partial charge < -0.3 is 14.7 Å². The van der Waals surface area contributed by atoms with Crippen molar-refractivity contribution in [2.75, 3.05) is 7.11 Å². The Morgan fingerprint density at radius 1 is 1.03 bits per heavy atom. The van der Waals surface area contributed by atoms with Gasteiger partial charge in [0, 0.05) is 11.6 Å². The third-order valence-corrected chi connectivity index (χ3v) is 6.63. The van der Waals surface area contributed by atoms with Crippen LogP contribution in [0.15, 0.2) is 42.0 Å². The quantitative estimate of drug-likeness (QED) is 0.405. The minimum absolute atomic E-state index is 0.0554. The Hall–Kier alpha value is -3.15. The van der Waals surface area contributed by atoms with Gasteiger partial charge in [-0.05, 0) is 67.6 Å². The predicted molar refractivity (Wildman–Crippen MR) is 120 cm³/mol. The summed E-state index contributed by atoms with van der Waals surface area (Å²) in [4.78, 5) is 28.0. The first-order valence-corrected chi connectivity index (χ1v) is 11.0. The van der Waals surface area contributed by atoms with Crippen molar-refractivity contribution >= 4 is 17.4 Å². The summed E-state index contributed by atoms with van der Waals surface area (Å²) in [6.45, 7) is 3.67. The summed E-state index contributed by atoms with van der Waals surface area (Å²) < 4.78 is 19.0. The fraction of sp³-hybridized carbons (Fsp3) is 0.385. The molecule has 0 radical (unpaired) electrons. The summed E-state index contributed by atoms with van der Waals surface area (Å²) in [5.41, 5.74) is 2.68. The van der Waals surface area contributed by atoms with Gasteiger partial charge in [0.1, 0.15) is 17.3 Å². The lowest BCUT2D eigenvalue weighted by molar-refractivity contribution is -0.141. The highest BCUT2D eigenvalue weighted by atomic mass is 19.1. The Morgan fingerprint density at radius 2 is 1.69 bits per heavy atom. The van der Waals surface area contributed by atoms with Crippen LogP contribution >= 0.6 is 0 Å². The zero-order valence-electron chi connectivity index (χ0n) is 18.7. The van der Waals surface area contributed by atoms with Crippen molar-refractivity contribution < 1.29 is 23.8 Å². The van der Waals surface area contributed by atoms with Crippen LogP contribution in [0.4, 0.5) is 4.39 Å². The average molecular weight is 438 g/mol. The molecule has 0 spiro atoms. The molecule has 1 atom stereocenters. The molecular weight excluding hydrogens is 409 g/mol. The number of amides is 1. The molecule has 1 unspecified atom stereocenters. The Labute approximate surface area is 187 Å². The van der Waals surface area contributed by atoms with Crippen LogP contribution < -0.4 is 4.74 Å². The molecule has 32 heavy (non-hydrogen) atoms. The number of aliphatic hydroxyl groups excluding tert-OH is 1. The maximum atomic E-state index is 13.6. The van der Waals surface area contributed by atoms with Crippen molar-refractivity contribution in [3.63, 3.8) is 0 Å². The van der Waals surface area contributed by atoms with E-state index < -0.39 is 23.5 Å². The summed E-state index contributed by atoms with van der Waals surface area (Å²) in [7, 11) is 1.57. The van der Waals surface area contributed by atoms with Crippen LogP contribution in [-0.4, -0.2) is 34.8 Å². The number of benzene rings is 2. The molecule has 1 saturated heterocycles. The monoisotopic (exact) mass is 437 g/mol. The second-order valence-electron chi connectivity index (χ2n) is 8.69. The largest absolute Gasteiger partial charge is 0.507 e. The highest BCUT2D eigenvalue weighted by Crippen LogP contribution is 2.43. The number of hydrogen-bond donors (Lipinski definition) is 1. The number of aliphatic hydroxyl groups is 1. The number of aryl methyl sites for hydroxylation is 2. The fourth-order valence-electron chi connectivity index (χ4n) is 4.97. The minimum atomic E-state index is -0.750. The van der Waals surface area contributed by atoms with E-state index in [2.05, 4.69) is 0 Å². The Morgan fingerprint density at radius 3 is 2.31 bits per heavy atom. The Kier molecular flexibility index (Phi) is 6.04. The van der Waals surface area contributed by atoms with Crippen molar-refractivity contribution in [3.8, 4) is 5.75 Å². The molecule has 1 N–H and O–H groups in total. The van der Waals surface area contributed by atoms with Gasteiger partial charge in [-0.2, -0.15) is 0 Å². The van der Waals surface area contributed by atoms with Crippen LogP contribution in [0.25, 0.3) is 5.76 Å². The molecule has 1 amide bonds. The summed E-state index contributed by atoms with van der Waals surface area (Å²) in [6, 6.07) is 8.54. The van der Waals surface area contributed by atoms with Crippen molar-refractivity contribution in [2.45, 2.75) is 58.0 Å². The third kappa shape index (κ3) is 3.78. The molecule has 6 heteroatoms. The number of carbonyl (C=O) groups is 2. The number of Topliss-reactive ketones (excluding diaryl/α,β-unsaturated/α-hetero) is 1. The van der Waals surface area contributed by atoms with Crippen LogP contribution in [0.1, 0.15) is 60.4 Å². The first-order valence-electron chi connectivity index (χ1n) is 11.0. The number of likely N-dealkylation sites (tertiary alicyclic amines) is 1. The van der Waals surface area contributed by atoms with Gasteiger partial charge in [-0.3, -0.25) is 9.59 Å². The molecule has 5 nitrogen and oxygen atoms in total. The molecule has 2 fully saturated rings.